The third kappa shape index (κ3) is 5.58. The standard InChI is InChI=1S/C26H30O8S/c1-17(27)29-11-13-31-21-10-9-20-24(23(21)32-14-12-30-18(2)28)35-22-8-6-5-7-19(22)26(20)33-15-25(3,4)16-34-26/h5-10H,11-16H2,1-4H3. The first-order valence-electron chi connectivity index (χ1n) is 11.5. The van der Waals surface area contributed by atoms with Gasteiger partial charge in [-0.3, -0.25) is 9.59 Å². The van der Waals surface area contributed by atoms with Gasteiger partial charge in [0.1, 0.15) is 26.4 Å². The fourth-order valence-corrected chi connectivity index (χ4v) is 5.14. The quantitative estimate of drug-likeness (QED) is 0.387. The van der Waals surface area contributed by atoms with Crippen molar-refractivity contribution in [1.82, 2.24) is 0 Å². The third-order valence-corrected chi connectivity index (χ3v) is 6.68. The van der Waals surface area contributed by atoms with E-state index in [4.69, 9.17) is 28.4 Å². The lowest BCUT2D eigenvalue weighted by atomic mass is 9.90. The maximum Gasteiger partial charge on any atom is 0.302 e. The Morgan fingerprint density at radius 3 is 2.14 bits per heavy atom. The molecule has 0 radical (unpaired) electrons. The van der Waals surface area contributed by atoms with Crippen molar-refractivity contribution >= 4 is 23.7 Å². The molecule has 2 aromatic rings. The molecule has 2 heterocycles. The molecule has 1 spiro atoms. The molecule has 2 aliphatic rings. The Morgan fingerprint density at radius 1 is 0.857 bits per heavy atom. The third-order valence-electron chi connectivity index (χ3n) is 5.50. The maximum atomic E-state index is 11.2. The summed E-state index contributed by atoms with van der Waals surface area (Å²) in [5, 5.41) is 0. The molecule has 0 atom stereocenters. The van der Waals surface area contributed by atoms with Gasteiger partial charge in [0.15, 0.2) is 11.5 Å². The zero-order valence-electron chi connectivity index (χ0n) is 20.4. The fourth-order valence-electron chi connectivity index (χ4n) is 3.89. The molecule has 0 aliphatic carbocycles. The van der Waals surface area contributed by atoms with Crippen LogP contribution >= 0.6 is 11.8 Å². The van der Waals surface area contributed by atoms with Crippen LogP contribution in [0.1, 0.15) is 38.8 Å². The van der Waals surface area contributed by atoms with E-state index in [1.807, 2.05) is 30.3 Å². The molecule has 2 aliphatic heterocycles. The summed E-state index contributed by atoms with van der Waals surface area (Å²) in [7, 11) is 0. The van der Waals surface area contributed by atoms with Crippen molar-refractivity contribution in [3.63, 3.8) is 0 Å². The molecule has 0 saturated carbocycles. The lowest BCUT2D eigenvalue weighted by Gasteiger charge is -2.46. The van der Waals surface area contributed by atoms with Gasteiger partial charge in [-0.1, -0.05) is 43.8 Å². The van der Waals surface area contributed by atoms with Crippen molar-refractivity contribution in [3.05, 3.63) is 47.5 Å². The number of carbonyl (C=O) groups excluding carboxylic acids is 2. The summed E-state index contributed by atoms with van der Waals surface area (Å²) in [5.41, 5.74) is 1.66. The zero-order chi connectivity index (χ0) is 25.1. The molecule has 1 saturated heterocycles. The minimum atomic E-state index is -1.07. The van der Waals surface area contributed by atoms with E-state index < -0.39 is 5.79 Å². The van der Waals surface area contributed by atoms with Crippen molar-refractivity contribution < 1.29 is 38.0 Å². The maximum absolute atomic E-state index is 11.2. The first-order chi connectivity index (χ1) is 16.7. The van der Waals surface area contributed by atoms with Crippen molar-refractivity contribution in [3.8, 4) is 11.5 Å². The number of esters is 2. The molecule has 9 heteroatoms. The SMILES string of the molecule is CC(=O)OCCOc1ccc2c(c1OCCOC(C)=O)Sc1ccccc1C21OCC(C)(C)CO1. The Bertz CT molecular complexity index is 1090. The summed E-state index contributed by atoms with van der Waals surface area (Å²) in [4.78, 5) is 24.1. The zero-order valence-corrected chi connectivity index (χ0v) is 21.2. The topological polar surface area (TPSA) is 89.5 Å². The summed E-state index contributed by atoms with van der Waals surface area (Å²) in [6, 6.07) is 11.7. The summed E-state index contributed by atoms with van der Waals surface area (Å²) in [6.45, 7) is 8.46. The highest BCUT2D eigenvalue weighted by atomic mass is 32.2. The van der Waals surface area contributed by atoms with Crippen LogP contribution in [-0.4, -0.2) is 51.6 Å². The van der Waals surface area contributed by atoms with E-state index in [0.717, 1.165) is 20.9 Å². The minimum absolute atomic E-state index is 0.0967. The molecule has 35 heavy (non-hydrogen) atoms. The summed E-state index contributed by atoms with van der Waals surface area (Å²) < 4.78 is 35.1. The second kappa shape index (κ2) is 10.5. The van der Waals surface area contributed by atoms with Crippen LogP contribution in [0.5, 0.6) is 11.5 Å². The van der Waals surface area contributed by atoms with Crippen LogP contribution in [0.15, 0.2) is 46.2 Å². The van der Waals surface area contributed by atoms with Gasteiger partial charge in [-0.2, -0.15) is 0 Å². The van der Waals surface area contributed by atoms with E-state index in [9.17, 15) is 9.59 Å². The number of hydrogen-bond donors (Lipinski definition) is 0. The molecule has 0 N–H and O–H groups in total. The molecule has 2 aromatic carbocycles. The Kier molecular flexibility index (Phi) is 7.59. The molecule has 188 valence electrons. The van der Waals surface area contributed by atoms with Crippen LogP contribution < -0.4 is 9.47 Å². The highest BCUT2D eigenvalue weighted by Gasteiger charge is 2.49. The molecule has 8 nitrogen and oxygen atoms in total. The number of ether oxygens (including phenoxy) is 6. The number of fused-ring (bicyclic) bond motifs is 4. The molecule has 0 aromatic heterocycles. The van der Waals surface area contributed by atoms with E-state index in [0.29, 0.717) is 24.7 Å². The van der Waals surface area contributed by atoms with Gasteiger partial charge in [0.05, 0.1) is 18.1 Å². The highest BCUT2D eigenvalue weighted by molar-refractivity contribution is 7.99. The Balaban J connectivity index is 1.72. The first kappa shape index (κ1) is 25.3. The van der Waals surface area contributed by atoms with E-state index in [1.165, 1.54) is 13.8 Å². The molecule has 1 fully saturated rings. The van der Waals surface area contributed by atoms with E-state index in [2.05, 4.69) is 13.8 Å². The molecule has 0 bridgehead atoms. The van der Waals surface area contributed by atoms with Gasteiger partial charge in [-0.15, -0.1) is 0 Å². The number of hydrogen-bond acceptors (Lipinski definition) is 9. The van der Waals surface area contributed by atoms with Crippen LogP contribution in [0.4, 0.5) is 0 Å². The van der Waals surface area contributed by atoms with Crippen molar-refractivity contribution in [1.29, 1.82) is 0 Å². The summed E-state index contributed by atoms with van der Waals surface area (Å²) in [5.74, 6) is -0.849. The Morgan fingerprint density at radius 2 is 1.49 bits per heavy atom. The molecule has 4 rings (SSSR count). The number of carbonyl (C=O) groups is 2. The average molecular weight is 503 g/mol. The van der Waals surface area contributed by atoms with Gasteiger partial charge < -0.3 is 28.4 Å². The van der Waals surface area contributed by atoms with Crippen LogP contribution in [0.25, 0.3) is 0 Å². The van der Waals surface area contributed by atoms with Gasteiger partial charge in [0, 0.05) is 35.3 Å². The van der Waals surface area contributed by atoms with E-state index in [-0.39, 0.29) is 43.8 Å². The first-order valence-corrected chi connectivity index (χ1v) is 12.3. The molecule has 0 amide bonds. The van der Waals surface area contributed by atoms with Crippen LogP contribution in [0.2, 0.25) is 0 Å². The van der Waals surface area contributed by atoms with Crippen molar-refractivity contribution in [2.75, 3.05) is 39.6 Å². The predicted octanol–water partition coefficient (Wildman–Crippen LogP) is 4.31. The van der Waals surface area contributed by atoms with E-state index in [1.54, 1.807) is 17.8 Å². The van der Waals surface area contributed by atoms with Gasteiger partial charge in [-0.05, 0) is 18.2 Å². The Hall–Kier alpha value is -2.75. The lowest BCUT2D eigenvalue weighted by Crippen LogP contribution is -2.47. The average Bonchev–Trinajstić information content (AvgIpc) is 2.81. The summed E-state index contributed by atoms with van der Waals surface area (Å²) >= 11 is 1.54. The van der Waals surface area contributed by atoms with Crippen LogP contribution in [0, 0.1) is 5.41 Å². The molecular formula is C26H30O8S. The van der Waals surface area contributed by atoms with Gasteiger partial charge in [0.2, 0.25) is 5.79 Å². The minimum Gasteiger partial charge on any atom is -0.486 e. The molecular weight excluding hydrogens is 472 g/mol. The summed E-state index contributed by atoms with van der Waals surface area (Å²) in [6.07, 6.45) is 0. The monoisotopic (exact) mass is 502 g/mol. The van der Waals surface area contributed by atoms with E-state index >= 15 is 0 Å². The van der Waals surface area contributed by atoms with Crippen molar-refractivity contribution in [2.24, 2.45) is 5.41 Å². The number of benzene rings is 2. The largest absolute Gasteiger partial charge is 0.486 e. The number of rotatable bonds is 8. The van der Waals surface area contributed by atoms with Gasteiger partial charge in [-0.25, -0.2) is 0 Å². The second-order valence-corrected chi connectivity index (χ2v) is 10.2. The second-order valence-electron chi connectivity index (χ2n) is 9.10. The highest BCUT2D eigenvalue weighted by Crippen LogP contribution is 2.57. The van der Waals surface area contributed by atoms with Gasteiger partial charge >= 0.3 is 11.9 Å². The fraction of sp³-hybridized carbons (Fsp3) is 0.462. The Labute approximate surface area is 209 Å². The smallest absolute Gasteiger partial charge is 0.302 e. The van der Waals surface area contributed by atoms with Crippen LogP contribution in [0.3, 0.4) is 0 Å². The predicted molar refractivity (Wildman–Crippen MR) is 128 cm³/mol. The lowest BCUT2D eigenvalue weighted by molar-refractivity contribution is -0.287. The van der Waals surface area contributed by atoms with Crippen LogP contribution in [-0.2, 0) is 34.3 Å². The molecule has 0 unspecified atom stereocenters. The normalized spacial score (nSPS) is 17.1. The van der Waals surface area contributed by atoms with Crippen molar-refractivity contribution in [2.45, 2.75) is 43.3 Å². The van der Waals surface area contributed by atoms with Gasteiger partial charge in [0.25, 0.3) is 0 Å².